The summed E-state index contributed by atoms with van der Waals surface area (Å²) in [5.41, 5.74) is 1.84. The Kier molecular flexibility index (Phi) is 5.12. The molecule has 0 aromatic carbocycles. The van der Waals surface area contributed by atoms with E-state index in [2.05, 4.69) is 55.4 Å². The number of hydrogen-bond acceptors (Lipinski definition) is 4. The number of aliphatic hydroxyl groups is 1. The van der Waals surface area contributed by atoms with Gasteiger partial charge in [0.05, 0.1) is 5.52 Å². The topological polar surface area (TPSA) is 54.2 Å². The van der Waals surface area contributed by atoms with Gasteiger partial charge in [0.25, 0.3) is 0 Å². The van der Waals surface area contributed by atoms with E-state index < -0.39 is 0 Å². The molecule has 5 nitrogen and oxygen atoms in total. The molecule has 0 amide bonds. The third kappa shape index (κ3) is 3.37. The Morgan fingerprint density at radius 3 is 2.95 bits per heavy atom. The fourth-order valence-electron chi connectivity index (χ4n) is 2.27. The molecule has 1 N–H and O–H groups in total. The maximum atomic E-state index is 8.91. The van der Waals surface area contributed by atoms with Gasteiger partial charge in [-0.15, -0.1) is 0 Å². The molecule has 1 atom stereocenters. The predicted octanol–water partition coefficient (Wildman–Crippen LogP) is 2.20. The summed E-state index contributed by atoms with van der Waals surface area (Å²) in [7, 11) is 2.09. The molecule has 2 rings (SSSR count). The van der Waals surface area contributed by atoms with Crippen molar-refractivity contribution < 1.29 is 5.11 Å². The summed E-state index contributed by atoms with van der Waals surface area (Å²) in [6.07, 6.45) is 2.58. The molecule has 0 aliphatic heterocycles. The molecule has 0 aliphatic rings. The van der Waals surface area contributed by atoms with Crippen molar-refractivity contribution in [3.8, 4) is 0 Å². The van der Waals surface area contributed by atoms with Crippen molar-refractivity contribution >= 4 is 27.1 Å². The molecule has 0 spiro atoms. The van der Waals surface area contributed by atoms with Gasteiger partial charge in [0, 0.05) is 36.4 Å². The van der Waals surface area contributed by atoms with Gasteiger partial charge < -0.3 is 14.6 Å². The average Bonchev–Trinajstić information content (AvgIpc) is 2.72. The highest BCUT2D eigenvalue weighted by Crippen LogP contribution is 2.19. The van der Waals surface area contributed by atoms with E-state index in [9.17, 15) is 0 Å². The van der Waals surface area contributed by atoms with E-state index in [1.54, 1.807) is 6.20 Å². The molecule has 110 valence electrons. The average molecular weight is 341 g/mol. The molecule has 0 bridgehead atoms. The van der Waals surface area contributed by atoms with Gasteiger partial charge in [-0.2, -0.15) is 0 Å². The highest BCUT2D eigenvalue weighted by atomic mass is 79.9. The van der Waals surface area contributed by atoms with Gasteiger partial charge in [-0.3, -0.25) is 0 Å². The number of imidazole rings is 1. The number of fused-ring (bicyclic) bond motifs is 1. The second-order valence-electron chi connectivity index (χ2n) is 5.17. The zero-order chi connectivity index (χ0) is 14.7. The number of rotatable bonds is 6. The van der Waals surface area contributed by atoms with Crippen LogP contribution in [0.3, 0.4) is 0 Å². The van der Waals surface area contributed by atoms with E-state index >= 15 is 0 Å². The standard InChI is InChI=1S/C14H21BrN4O/c1-10(18(3)5-4-6-20)9-19-11(2)17-14-13(19)7-12(15)8-16-14/h7-8,10,20H,4-6,9H2,1-3H3. The minimum atomic E-state index is 0.237. The molecular formula is C14H21BrN4O. The summed E-state index contributed by atoms with van der Waals surface area (Å²) in [5, 5.41) is 8.91. The molecule has 2 heterocycles. The highest BCUT2D eigenvalue weighted by molar-refractivity contribution is 9.10. The summed E-state index contributed by atoms with van der Waals surface area (Å²) in [4.78, 5) is 11.1. The smallest absolute Gasteiger partial charge is 0.177 e. The van der Waals surface area contributed by atoms with Crippen LogP contribution >= 0.6 is 15.9 Å². The number of likely N-dealkylation sites (N-methyl/N-ethyl adjacent to an activating group) is 1. The number of aryl methyl sites for hydroxylation is 1. The Morgan fingerprint density at radius 2 is 2.25 bits per heavy atom. The quantitative estimate of drug-likeness (QED) is 0.875. The van der Waals surface area contributed by atoms with Crippen LogP contribution in [0.25, 0.3) is 11.2 Å². The maximum Gasteiger partial charge on any atom is 0.177 e. The maximum absolute atomic E-state index is 8.91. The van der Waals surface area contributed by atoms with Crippen LogP contribution in [0.4, 0.5) is 0 Å². The van der Waals surface area contributed by atoms with Crippen LogP contribution in [-0.4, -0.2) is 50.8 Å². The van der Waals surface area contributed by atoms with Crippen molar-refractivity contribution in [1.82, 2.24) is 19.4 Å². The lowest BCUT2D eigenvalue weighted by Crippen LogP contribution is -2.34. The van der Waals surface area contributed by atoms with Gasteiger partial charge in [-0.25, -0.2) is 9.97 Å². The molecular weight excluding hydrogens is 320 g/mol. The first-order valence-corrected chi connectivity index (χ1v) is 7.61. The second kappa shape index (κ2) is 6.65. The highest BCUT2D eigenvalue weighted by Gasteiger charge is 2.14. The zero-order valence-electron chi connectivity index (χ0n) is 12.2. The molecule has 2 aromatic heterocycles. The molecule has 0 aliphatic carbocycles. The molecule has 0 saturated carbocycles. The van der Waals surface area contributed by atoms with Crippen LogP contribution in [0.5, 0.6) is 0 Å². The van der Waals surface area contributed by atoms with E-state index in [0.717, 1.165) is 41.0 Å². The summed E-state index contributed by atoms with van der Waals surface area (Å²) >= 11 is 3.46. The van der Waals surface area contributed by atoms with Gasteiger partial charge in [0.2, 0.25) is 0 Å². The lowest BCUT2D eigenvalue weighted by molar-refractivity contribution is 0.203. The van der Waals surface area contributed by atoms with Gasteiger partial charge >= 0.3 is 0 Å². The van der Waals surface area contributed by atoms with E-state index in [1.807, 2.05) is 6.92 Å². The van der Waals surface area contributed by atoms with Gasteiger partial charge in [0.15, 0.2) is 5.65 Å². The Balaban J connectivity index is 2.20. The zero-order valence-corrected chi connectivity index (χ0v) is 13.8. The largest absolute Gasteiger partial charge is 0.396 e. The molecule has 0 saturated heterocycles. The third-order valence-corrected chi connectivity index (χ3v) is 4.06. The Hall–Kier alpha value is -0.980. The first kappa shape index (κ1) is 15.4. The van der Waals surface area contributed by atoms with Crippen molar-refractivity contribution in [2.75, 3.05) is 20.2 Å². The normalized spacial score (nSPS) is 13.3. The Bertz CT molecular complexity index is 584. The molecule has 6 heteroatoms. The third-order valence-electron chi connectivity index (χ3n) is 3.63. The van der Waals surface area contributed by atoms with Crippen molar-refractivity contribution in [2.24, 2.45) is 0 Å². The SMILES string of the molecule is Cc1nc2ncc(Br)cc2n1CC(C)N(C)CCCO. The number of pyridine rings is 1. The van der Waals surface area contributed by atoms with E-state index in [-0.39, 0.29) is 6.61 Å². The lowest BCUT2D eigenvalue weighted by atomic mass is 10.2. The summed E-state index contributed by atoms with van der Waals surface area (Å²) in [6, 6.07) is 2.43. The molecule has 20 heavy (non-hydrogen) atoms. The Morgan fingerprint density at radius 1 is 1.50 bits per heavy atom. The first-order valence-electron chi connectivity index (χ1n) is 6.82. The fraction of sp³-hybridized carbons (Fsp3) is 0.571. The summed E-state index contributed by atoms with van der Waals surface area (Å²) < 4.78 is 3.17. The first-order chi connectivity index (χ1) is 9.52. The predicted molar refractivity (Wildman–Crippen MR) is 83.8 cm³/mol. The van der Waals surface area contributed by atoms with Crippen LogP contribution in [0.2, 0.25) is 0 Å². The second-order valence-corrected chi connectivity index (χ2v) is 6.09. The minimum absolute atomic E-state index is 0.237. The van der Waals surface area contributed by atoms with Gasteiger partial charge in [-0.1, -0.05) is 0 Å². The lowest BCUT2D eigenvalue weighted by Gasteiger charge is -2.25. The number of nitrogens with zero attached hydrogens (tertiary/aromatic N) is 4. The fourth-order valence-corrected chi connectivity index (χ4v) is 2.59. The monoisotopic (exact) mass is 340 g/mol. The van der Waals surface area contributed by atoms with Crippen LogP contribution in [0.1, 0.15) is 19.2 Å². The Labute approximate surface area is 127 Å². The van der Waals surface area contributed by atoms with Crippen molar-refractivity contribution in [3.63, 3.8) is 0 Å². The summed E-state index contributed by atoms with van der Waals surface area (Å²) in [6.45, 7) is 6.19. The molecule has 1 unspecified atom stereocenters. The van der Waals surface area contributed by atoms with Crippen LogP contribution < -0.4 is 0 Å². The minimum Gasteiger partial charge on any atom is -0.396 e. The van der Waals surface area contributed by atoms with E-state index in [1.165, 1.54) is 0 Å². The van der Waals surface area contributed by atoms with Crippen LogP contribution in [0.15, 0.2) is 16.7 Å². The number of aromatic nitrogens is 3. The van der Waals surface area contributed by atoms with Gasteiger partial charge in [-0.05, 0) is 49.3 Å². The van der Waals surface area contributed by atoms with Crippen LogP contribution in [-0.2, 0) is 6.54 Å². The molecule has 2 aromatic rings. The van der Waals surface area contributed by atoms with Crippen LogP contribution in [0, 0.1) is 6.92 Å². The van der Waals surface area contributed by atoms with Crippen molar-refractivity contribution in [1.29, 1.82) is 0 Å². The molecule has 0 radical (unpaired) electrons. The summed E-state index contributed by atoms with van der Waals surface area (Å²) in [5.74, 6) is 0.980. The van der Waals surface area contributed by atoms with Gasteiger partial charge in [0.1, 0.15) is 5.82 Å². The number of aliphatic hydroxyl groups excluding tert-OH is 1. The van der Waals surface area contributed by atoms with E-state index in [0.29, 0.717) is 6.04 Å². The molecule has 0 fully saturated rings. The van der Waals surface area contributed by atoms with E-state index in [4.69, 9.17) is 5.11 Å². The number of hydrogen-bond donors (Lipinski definition) is 1. The van der Waals surface area contributed by atoms with Crippen molar-refractivity contribution in [3.05, 3.63) is 22.6 Å². The number of halogens is 1. The van der Waals surface area contributed by atoms with Crippen molar-refractivity contribution in [2.45, 2.75) is 32.9 Å².